The van der Waals surface area contributed by atoms with Gasteiger partial charge in [-0.2, -0.15) is 0 Å². The number of aryl methyl sites for hydroxylation is 1. The average Bonchev–Trinajstić information content (AvgIpc) is 2.75. The van der Waals surface area contributed by atoms with Gasteiger partial charge in [-0.25, -0.2) is 5.32 Å². The number of fused-ring (bicyclic) bond motifs is 1. The van der Waals surface area contributed by atoms with Crippen molar-refractivity contribution in [2.45, 2.75) is 25.7 Å². The summed E-state index contributed by atoms with van der Waals surface area (Å²) in [6.45, 7) is 4.11. The number of furan rings is 1. The largest absolute Gasteiger partial charge is 0.464 e. The Balaban J connectivity index is 2.06. The molecule has 2 aromatic rings. The first-order valence-electron chi connectivity index (χ1n) is 5.96. The monoisotopic (exact) mass is 214 g/mol. The Bertz CT molecular complexity index is 494. The van der Waals surface area contributed by atoms with Crippen LogP contribution in [0.3, 0.4) is 0 Å². The number of benzene rings is 1. The van der Waals surface area contributed by atoms with E-state index in [9.17, 15) is 0 Å². The summed E-state index contributed by atoms with van der Waals surface area (Å²) in [5.74, 6) is 0.639. The zero-order chi connectivity index (χ0) is 11.0. The van der Waals surface area contributed by atoms with E-state index >= 15 is 0 Å². The second-order valence-corrected chi connectivity index (χ2v) is 4.59. The molecule has 1 aromatic heterocycles. The Morgan fingerprint density at radius 3 is 2.88 bits per heavy atom. The van der Waals surface area contributed by atoms with Crippen molar-refractivity contribution in [2.75, 3.05) is 13.1 Å². The summed E-state index contributed by atoms with van der Waals surface area (Å²) >= 11 is 0. The number of hydrogen-bond acceptors (Lipinski definition) is 1. The lowest BCUT2D eigenvalue weighted by Crippen LogP contribution is -2.20. The normalized spacial score (nSPS) is 18.1. The molecule has 16 heavy (non-hydrogen) atoms. The van der Waals surface area contributed by atoms with E-state index in [2.05, 4.69) is 30.4 Å². The SMILES string of the molecule is Cc1cccc2c(C3CC[N]CC3)coc12. The van der Waals surface area contributed by atoms with Gasteiger partial charge in [0.2, 0.25) is 0 Å². The molecule has 0 amide bonds. The Morgan fingerprint density at radius 1 is 1.25 bits per heavy atom. The predicted octanol–water partition coefficient (Wildman–Crippen LogP) is 3.22. The van der Waals surface area contributed by atoms with Crippen LogP contribution in [0.4, 0.5) is 0 Å². The van der Waals surface area contributed by atoms with Crippen molar-refractivity contribution >= 4 is 11.0 Å². The highest BCUT2D eigenvalue weighted by atomic mass is 16.3. The number of hydrogen-bond donors (Lipinski definition) is 0. The topological polar surface area (TPSA) is 27.2 Å². The molecule has 0 saturated carbocycles. The van der Waals surface area contributed by atoms with Crippen LogP contribution in [0.15, 0.2) is 28.9 Å². The van der Waals surface area contributed by atoms with E-state index < -0.39 is 0 Å². The third-order valence-electron chi connectivity index (χ3n) is 3.54. The highest BCUT2D eigenvalue weighted by molar-refractivity contribution is 5.84. The average molecular weight is 214 g/mol. The second kappa shape index (κ2) is 3.95. The minimum absolute atomic E-state index is 0.639. The Morgan fingerprint density at radius 2 is 2.06 bits per heavy atom. The lowest BCUT2D eigenvalue weighted by molar-refractivity contribution is 0.451. The van der Waals surface area contributed by atoms with Crippen LogP contribution in [0.2, 0.25) is 0 Å². The van der Waals surface area contributed by atoms with E-state index in [1.807, 2.05) is 6.26 Å². The van der Waals surface area contributed by atoms with Crippen molar-refractivity contribution in [3.63, 3.8) is 0 Å². The van der Waals surface area contributed by atoms with Gasteiger partial charge in [0.25, 0.3) is 0 Å². The van der Waals surface area contributed by atoms with Crippen LogP contribution < -0.4 is 5.32 Å². The molecule has 1 radical (unpaired) electrons. The van der Waals surface area contributed by atoms with Gasteiger partial charge < -0.3 is 4.42 Å². The number of nitrogens with zero attached hydrogens (tertiary/aromatic N) is 1. The zero-order valence-corrected chi connectivity index (χ0v) is 9.57. The fraction of sp³-hybridized carbons (Fsp3) is 0.429. The molecule has 2 heteroatoms. The van der Waals surface area contributed by atoms with Gasteiger partial charge in [0.15, 0.2) is 0 Å². The number of para-hydroxylation sites is 1. The first-order chi connectivity index (χ1) is 7.86. The lowest BCUT2D eigenvalue weighted by atomic mass is 9.90. The third kappa shape index (κ3) is 1.54. The van der Waals surface area contributed by atoms with Crippen molar-refractivity contribution in [2.24, 2.45) is 0 Å². The van der Waals surface area contributed by atoms with Crippen molar-refractivity contribution in [3.05, 3.63) is 35.6 Å². The summed E-state index contributed by atoms with van der Waals surface area (Å²) in [6.07, 6.45) is 4.29. The molecule has 0 aliphatic carbocycles. The molecule has 0 unspecified atom stereocenters. The molecule has 1 aliphatic rings. The van der Waals surface area contributed by atoms with Crippen LogP contribution in [0.25, 0.3) is 11.0 Å². The van der Waals surface area contributed by atoms with E-state index in [1.54, 1.807) is 0 Å². The summed E-state index contributed by atoms with van der Waals surface area (Å²) in [5.41, 5.74) is 3.66. The summed E-state index contributed by atoms with van der Waals surface area (Å²) in [6, 6.07) is 6.39. The highest BCUT2D eigenvalue weighted by Gasteiger charge is 2.20. The molecular weight excluding hydrogens is 198 g/mol. The van der Waals surface area contributed by atoms with Crippen molar-refractivity contribution in [1.29, 1.82) is 0 Å². The van der Waals surface area contributed by atoms with Crippen LogP contribution in [0.5, 0.6) is 0 Å². The first-order valence-corrected chi connectivity index (χ1v) is 5.96. The first kappa shape index (κ1) is 9.91. The second-order valence-electron chi connectivity index (χ2n) is 4.59. The smallest absolute Gasteiger partial charge is 0.137 e. The Kier molecular flexibility index (Phi) is 2.44. The molecule has 1 aromatic carbocycles. The maximum atomic E-state index is 5.70. The van der Waals surface area contributed by atoms with Gasteiger partial charge >= 0.3 is 0 Å². The van der Waals surface area contributed by atoms with Crippen molar-refractivity contribution in [3.8, 4) is 0 Å². The van der Waals surface area contributed by atoms with Gasteiger partial charge in [-0.3, -0.25) is 0 Å². The maximum Gasteiger partial charge on any atom is 0.137 e. The van der Waals surface area contributed by atoms with Crippen LogP contribution in [0.1, 0.15) is 29.9 Å². The Hall–Kier alpha value is -1.28. The molecule has 0 N–H and O–H groups in total. The van der Waals surface area contributed by atoms with E-state index in [0.717, 1.165) is 18.7 Å². The third-order valence-corrected chi connectivity index (χ3v) is 3.54. The van der Waals surface area contributed by atoms with Crippen molar-refractivity contribution in [1.82, 2.24) is 5.32 Å². The summed E-state index contributed by atoms with van der Waals surface area (Å²) in [5, 5.41) is 5.70. The molecule has 2 nitrogen and oxygen atoms in total. The van der Waals surface area contributed by atoms with Crippen molar-refractivity contribution < 1.29 is 4.42 Å². The van der Waals surface area contributed by atoms with Crippen LogP contribution in [-0.4, -0.2) is 13.1 Å². The van der Waals surface area contributed by atoms with Gasteiger partial charge in [0, 0.05) is 24.0 Å². The zero-order valence-electron chi connectivity index (χ0n) is 9.57. The van der Waals surface area contributed by atoms with Gasteiger partial charge in [0.1, 0.15) is 5.58 Å². The maximum absolute atomic E-state index is 5.70. The molecule has 3 rings (SSSR count). The molecule has 0 bridgehead atoms. The van der Waals surface area contributed by atoms with Crippen LogP contribution >= 0.6 is 0 Å². The van der Waals surface area contributed by atoms with E-state index in [-0.39, 0.29) is 0 Å². The summed E-state index contributed by atoms with van der Waals surface area (Å²) in [4.78, 5) is 0. The molecule has 2 heterocycles. The van der Waals surface area contributed by atoms with Crippen LogP contribution in [-0.2, 0) is 0 Å². The minimum atomic E-state index is 0.639. The van der Waals surface area contributed by atoms with E-state index in [0.29, 0.717) is 5.92 Å². The summed E-state index contributed by atoms with van der Waals surface area (Å²) < 4.78 is 5.70. The minimum Gasteiger partial charge on any atom is -0.464 e. The number of rotatable bonds is 1. The van der Waals surface area contributed by atoms with Gasteiger partial charge in [-0.15, -0.1) is 0 Å². The molecule has 83 valence electrons. The molecule has 1 fully saturated rings. The molecule has 0 spiro atoms. The summed E-state index contributed by atoms with van der Waals surface area (Å²) in [7, 11) is 0. The molecular formula is C14H16NO. The van der Waals surface area contributed by atoms with Gasteiger partial charge in [0.05, 0.1) is 6.26 Å². The van der Waals surface area contributed by atoms with E-state index in [1.165, 1.54) is 29.4 Å². The predicted molar refractivity (Wildman–Crippen MR) is 64.8 cm³/mol. The Labute approximate surface area is 95.6 Å². The van der Waals surface area contributed by atoms with Crippen LogP contribution in [0, 0.1) is 6.92 Å². The van der Waals surface area contributed by atoms with Gasteiger partial charge in [-0.1, -0.05) is 18.2 Å². The molecule has 1 aliphatic heterocycles. The van der Waals surface area contributed by atoms with E-state index in [4.69, 9.17) is 4.42 Å². The molecule has 1 saturated heterocycles. The van der Waals surface area contributed by atoms with Gasteiger partial charge in [-0.05, 0) is 31.2 Å². The standard InChI is InChI=1S/C14H16NO/c1-10-3-2-4-12-13(9-16-14(10)12)11-5-7-15-8-6-11/h2-4,9,11H,5-8H2,1H3. The lowest BCUT2D eigenvalue weighted by Gasteiger charge is -2.20. The molecule has 0 atom stereocenters. The highest BCUT2D eigenvalue weighted by Crippen LogP contribution is 2.34. The fourth-order valence-electron chi connectivity index (χ4n) is 2.60. The number of piperidine rings is 1. The fourth-order valence-corrected chi connectivity index (χ4v) is 2.60. The quantitative estimate of drug-likeness (QED) is 0.716.